The topological polar surface area (TPSA) is 60.2 Å². The number of hydrogen-bond acceptors (Lipinski definition) is 5. The molecule has 112 valence electrons. The molecule has 1 aromatic heterocycles. The minimum Gasteiger partial charge on any atom is -0.492 e. The molecule has 0 saturated heterocycles. The van der Waals surface area contributed by atoms with Gasteiger partial charge < -0.3 is 14.5 Å². The average Bonchev–Trinajstić information content (AvgIpc) is 2.93. The van der Waals surface area contributed by atoms with Gasteiger partial charge in [0.05, 0.1) is 12.5 Å². The maximum Gasteiger partial charge on any atom is 0.230 e. The summed E-state index contributed by atoms with van der Waals surface area (Å²) in [7, 11) is 0. The lowest BCUT2D eigenvalue weighted by Crippen LogP contribution is -2.35. The van der Waals surface area contributed by atoms with Crippen molar-refractivity contribution in [3.8, 4) is 5.75 Å². The SMILES string of the molecule is CC(C)(C)NCc1nnc(C2COc3ccccc3C2)o1. The fourth-order valence-corrected chi connectivity index (χ4v) is 2.33. The van der Waals surface area contributed by atoms with E-state index in [2.05, 4.69) is 42.4 Å². The molecule has 0 aliphatic carbocycles. The maximum absolute atomic E-state index is 5.77. The first-order valence-corrected chi connectivity index (χ1v) is 7.29. The predicted octanol–water partition coefficient (Wildman–Crippen LogP) is 2.68. The number of ether oxygens (including phenoxy) is 1. The monoisotopic (exact) mass is 287 g/mol. The van der Waals surface area contributed by atoms with Crippen molar-refractivity contribution in [1.82, 2.24) is 15.5 Å². The molecule has 1 atom stereocenters. The van der Waals surface area contributed by atoms with E-state index in [1.807, 2.05) is 18.2 Å². The van der Waals surface area contributed by atoms with Gasteiger partial charge in [-0.1, -0.05) is 18.2 Å². The summed E-state index contributed by atoms with van der Waals surface area (Å²) in [4.78, 5) is 0. The van der Waals surface area contributed by atoms with Crippen molar-refractivity contribution in [3.05, 3.63) is 41.6 Å². The highest BCUT2D eigenvalue weighted by Gasteiger charge is 2.25. The third kappa shape index (κ3) is 3.42. The number of nitrogens with one attached hydrogen (secondary N) is 1. The summed E-state index contributed by atoms with van der Waals surface area (Å²) in [6, 6.07) is 8.09. The second-order valence-electron chi connectivity index (χ2n) is 6.46. The Hall–Kier alpha value is -1.88. The Morgan fingerprint density at radius 3 is 2.86 bits per heavy atom. The summed E-state index contributed by atoms with van der Waals surface area (Å²) in [6.07, 6.45) is 0.879. The maximum atomic E-state index is 5.77. The van der Waals surface area contributed by atoms with Crippen LogP contribution in [0.25, 0.3) is 0 Å². The van der Waals surface area contributed by atoms with Crippen molar-refractivity contribution in [1.29, 1.82) is 0 Å². The first-order valence-electron chi connectivity index (χ1n) is 7.29. The summed E-state index contributed by atoms with van der Waals surface area (Å²) in [5.41, 5.74) is 1.22. The van der Waals surface area contributed by atoms with Gasteiger partial charge >= 0.3 is 0 Å². The van der Waals surface area contributed by atoms with Gasteiger partial charge in [-0.25, -0.2) is 0 Å². The molecule has 0 saturated carbocycles. The number of rotatable bonds is 3. The van der Waals surface area contributed by atoms with Crippen LogP contribution in [-0.2, 0) is 13.0 Å². The molecular weight excluding hydrogens is 266 g/mol. The van der Waals surface area contributed by atoms with Gasteiger partial charge in [0.25, 0.3) is 0 Å². The Labute approximate surface area is 124 Å². The van der Waals surface area contributed by atoms with Crippen molar-refractivity contribution >= 4 is 0 Å². The molecule has 0 spiro atoms. The fourth-order valence-electron chi connectivity index (χ4n) is 2.33. The lowest BCUT2D eigenvalue weighted by molar-refractivity contribution is 0.238. The third-order valence-electron chi connectivity index (χ3n) is 3.48. The van der Waals surface area contributed by atoms with E-state index in [-0.39, 0.29) is 11.5 Å². The van der Waals surface area contributed by atoms with Crippen LogP contribution in [0.1, 0.15) is 44.0 Å². The third-order valence-corrected chi connectivity index (χ3v) is 3.48. The van der Waals surface area contributed by atoms with E-state index in [9.17, 15) is 0 Å². The van der Waals surface area contributed by atoms with Gasteiger partial charge in [-0.2, -0.15) is 0 Å². The van der Waals surface area contributed by atoms with Gasteiger partial charge in [0, 0.05) is 5.54 Å². The summed E-state index contributed by atoms with van der Waals surface area (Å²) < 4.78 is 11.5. The first kappa shape index (κ1) is 14.1. The zero-order valence-corrected chi connectivity index (χ0v) is 12.7. The number of nitrogens with zero attached hydrogens (tertiary/aromatic N) is 2. The molecule has 1 aliphatic rings. The Morgan fingerprint density at radius 1 is 1.24 bits per heavy atom. The fraction of sp³-hybridized carbons (Fsp3) is 0.500. The van der Waals surface area contributed by atoms with Crippen LogP contribution in [0.4, 0.5) is 0 Å². The normalized spacial score (nSPS) is 18.1. The Bertz CT molecular complexity index is 616. The molecule has 1 aromatic carbocycles. The van der Waals surface area contributed by atoms with Crippen LogP contribution in [0.3, 0.4) is 0 Å². The Kier molecular flexibility index (Phi) is 3.68. The number of benzene rings is 1. The zero-order valence-electron chi connectivity index (χ0n) is 12.7. The highest BCUT2D eigenvalue weighted by molar-refractivity contribution is 5.36. The molecule has 2 aromatic rings. The van der Waals surface area contributed by atoms with Crippen molar-refractivity contribution in [2.75, 3.05) is 6.61 Å². The van der Waals surface area contributed by atoms with Gasteiger partial charge in [-0.15, -0.1) is 10.2 Å². The molecule has 5 heteroatoms. The van der Waals surface area contributed by atoms with Gasteiger partial charge in [-0.3, -0.25) is 0 Å². The molecule has 1 unspecified atom stereocenters. The average molecular weight is 287 g/mol. The van der Waals surface area contributed by atoms with Crippen molar-refractivity contribution in [3.63, 3.8) is 0 Å². The van der Waals surface area contributed by atoms with Crippen LogP contribution in [0.5, 0.6) is 5.75 Å². The predicted molar refractivity (Wildman–Crippen MR) is 79.3 cm³/mol. The van der Waals surface area contributed by atoms with E-state index in [1.165, 1.54) is 5.56 Å². The van der Waals surface area contributed by atoms with Gasteiger partial charge in [0.1, 0.15) is 12.4 Å². The van der Waals surface area contributed by atoms with E-state index in [0.717, 1.165) is 12.2 Å². The molecule has 0 bridgehead atoms. The molecule has 2 heterocycles. The zero-order chi connectivity index (χ0) is 14.9. The lowest BCUT2D eigenvalue weighted by Gasteiger charge is -2.22. The molecule has 5 nitrogen and oxygen atoms in total. The summed E-state index contributed by atoms with van der Waals surface area (Å²) in [6.45, 7) is 7.49. The van der Waals surface area contributed by atoms with Crippen LogP contribution < -0.4 is 10.1 Å². The van der Waals surface area contributed by atoms with E-state index >= 15 is 0 Å². The number of fused-ring (bicyclic) bond motifs is 1. The van der Waals surface area contributed by atoms with Crippen molar-refractivity contribution in [2.45, 2.75) is 45.2 Å². The van der Waals surface area contributed by atoms with Gasteiger partial charge in [-0.05, 0) is 38.8 Å². The van der Waals surface area contributed by atoms with Gasteiger partial charge in [0.15, 0.2) is 0 Å². The Balaban J connectivity index is 1.67. The van der Waals surface area contributed by atoms with Crippen molar-refractivity contribution in [2.24, 2.45) is 0 Å². The molecule has 21 heavy (non-hydrogen) atoms. The van der Waals surface area contributed by atoms with Crippen LogP contribution in [0, 0.1) is 0 Å². The minimum atomic E-state index is 0.0293. The quantitative estimate of drug-likeness (QED) is 0.940. The minimum absolute atomic E-state index is 0.0293. The van der Waals surface area contributed by atoms with Crippen LogP contribution in [-0.4, -0.2) is 22.3 Å². The van der Waals surface area contributed by atoms with Crippen LogP contribution >= 0.6 is 0 Å². The number of aromatic nitrogens is 2. The second-order valence-corrected chi connectivity index (χ2v) is 6.46. The highest BCUT2D eigenvalue weighted by Crippen LogP contribution is 2.31. The second kappa shape index (κ2) is 5.48. The number of hydrogen-bond donors (Lipinski definition) is 1. The molecule has 1 aliphatic heterocycles. The molecule has 0 radical (unpaired) electrons. The van der Waals surface area contributed by atoms with E-state index in [1.54, 1.807) is 0 Å². The number of para-hydroxylation sites is 1. The first-order chi connectivity index (χ1) is 10.0. The summed E-state index contributed by atoms with van der Waals surface area (Å²) in [5, 5.41) is 11.6. The molecule has 1 N–H and O–H groups in total. The van der Waals surface area contributed by atoms with E-state index < -0.39 is 0 Å². The van der Waals surface area contributed by atoms with Crippen LogP contribution in [0.15, 0.2) is 28.7 Å². The summed E-state index contributed by atoms with van der Waals surface area (Å²) in [5.74, 6) is 2.38. The lowest BCUT2D eigenvalue weighted by atomic mass is 9.97. The van der Waals surface area contributed by atoms with E-state index in [0.29, 0.717) is 24.9 Å². The summed E-state index contributed by atoms with van der Waals surface area (Å²) >= 11 is 0. The van der Waals surface area contributed by atoms with Crippen LogP contribution in [0.2, 0.25) is 0 Å². The largest absolute Gasteiger partial charge is 0.492 e. The highest BCUT2D eigenvalue weighted by atomic mass is 16.5. The van der Waals surface area contributed by atoms with Crippen molar-refractivity contribution < 1.29 is 9.15 Å². The molecule has 0 amide bonds. The molecule has 3 rings (SSSR count). The molecule has 0 fully saturated rings. The smallest absolute Gasteiger partial charge is 0.230 e. The molecular formula is C16H21N3O2. The standard InChI is InChI=1S/C16H21N3O2/c1-16(2,3)17-9-14-18-19-15(21-14)12-8-11-6-4-5-7-13(11)20-10-12/h4-7,12,17H,8-10H2,1-3H3. The van der Waals surface area contributed by atoms with Gasteiger partial charge in [0.2, 0.25) is 11.8 Å². The Morgan fingerprint density at radius 2 is 2.05 bits per heavy atom. The van der Waals surface area contributed by atoms with E-state index in [4.69, 9.17) is 9.15 Å².